The minimum Gasteiger partial charge on any atom is -0.372 e. The number of aryl methyl sites for hydroxylation is 2. The standard InChI is InChI=1S/C24H32N4OS/c1-5-28(6-2)19-13-14-20(18(3)17-19)26-24(29)30-16-15-23-25-21-11-9-7-8-10-12-22(21)27(23)4/h7,9,11-14,17H,5-6,8,10,15-16H2,1-4H3,(H,26,29)/b9-7-,21-11+,22-12+. The Balaban J connectivity index is 1.58. The number of benzene rings is 1. The van der Waals surface area contributed by atoms with Crippen LogP contribution in [0.1, 0.15) is 38.1 Å². The molecule has 30 heavy (non-hydrogen) atoms. The van der Waals surface area contributed by atoms with Crippen LogP contribution < -0.4 is 20.9 Å². The molecule has 3 rings (SSSR count). The number of thioether (sulfide) groups is 1. The average Bonchev–Trinajstić information content (AvgIpc) is 2.99. The quantitative estimate of drug-likeness (QED) is 0.730. The molecular formula is C24H32N4OS. The van der Waals surface area contributed by atoms with Gasteiger partial charge in [-0.15, -0.1) is 0 Å². The van der Waals surface area contributed by atoms with E-state index in [1.807, 2.05) is 13.0 Å². The third-order valence-electron chi connectivity index (χ3n) is 5.46. The molecule has 0 atom stereocenters. The van der Waals surface area contributed by atoms with Crippen LogP contribution in [0.15, 0.2) is 30.4 Å². The fourth-order valence-corrected chi connectivity index (χ4v) is 4.35. The number of imidazole rings is 1. The van der Waals surface area contributed by atoms with E-state index in [1.54, 1.807) is 0 Å². The lowest BCUT2D eigenvalue weighted by atomic mass is 10.1. The second-order valence-electron chi connectivity index (χ2n) is 7.42. The summed E-state index contributed by atoms with van der Waals surface area (Å²) < 4.78 is 2.15. The van der Waals surface area contributed by atoms with Crippen molar-refractivity contribution in [3.05, 3.63) is 52.4 Å². The number of amides is 1. The number of anilines is 2. The van der Waals surface area contributed by atoms with Crippen molar-refractivity contribution >= 4 is 40.5 Å². The van der Waals surface area contributed by atoms with Crippen molar-refractivity contribution < 1.29 is 4.79 Å². The van der Waals surface area contributed by atoms with Gasteiger partial charge in [0, 0.05) is 43.7 Å². The number of nitrogens with one attached hydrogen (secondary N) is 1. The topological polar surface area (TPSA) is 50.2 Å². The molecule has 6 heteroatoms. The van der Waals surface area contributed by atoms with Gasteiger partial charge in [0.15, 0.2) is 0 Å². The summed E-state index contributed by atoms with van der Waals surface area (Å²) in [6.07, 6.45) is 11.4. The molecule has 1 aromatic heterocycles. The maximum atomic E-state index is 12.4. The Hall–Kier alpha value is -2.47. The molecule has 1 aliphatic carbocycles. The van der Waals surface area contributed by atoms with Crippen LogP contribution in [-0.2, 0) is 13.5 Å². The van der Waals surface area contributed by atoms with Crippen molar-refractivity contribution in [2.24, 2.45) is 7.05 Å². The molecule has 1 amide bonds. The van der Waals surface area contributed by atoms with E-state index < -0.39 is 0 Å². The SMILES string of the molecule is CCN(CC)c1ccc(NC(=O)SCCc2nc3/c(n2C)=C\CC/C=C\C=3)c(C)c1. The summed E-state index contributed by atoms with van der Waals surface area (Å²) in [7, 11) is 2.06. The molecule has 5 nitrogen and oxygen atoms in total. The molecule has 1 aromatic carbocycles. The first-order valence-electron chi connectivity index (χ1n) is 10.7. The summed E-state index contributed by atoms with van der Waals surface area (Å²) >= 11 is 1.31. The van der Waals surface area contributed by atoms with Crippen LogP contribution in [0.5, 0.6) is 0 Å². The van der Waals surface area contributed by atoms with Gasteiger partial charge in [0.05, 0.1) is 10.7 Å². The Morgan fingerprint density at radius 3 is 2.80 bits per heavy atom. The summed E-state index contributed by atoms with van der Waals surface area (Å²) in [5.74, 6) is 1.71. The van der Waals surface area contributed by atoms with E-state index in [1.165, 1.54) is 22.8 Å². The van der Waals surface area contributed by atoms with E-state index in [0.717, 1.165) is 54.8 Å². The molecular weight excluding hydrogens is 392 g/mol. The summed E-state index contributed by atoms with van der Waals surface area (Å²) in [4.78, 5) is 19.5. The number of aromatic nitrogens is 2. The van der Waals surface area contributed by atoms with E-state index in [4.69, 9.17) is 4.98 Å². The Kier molecular flexibility index (Phi) is 7.80. The maximum Gasteiger partial charge on any atom is 0.283 e. The molecule has 0 saturated carbocycles. The zero-order valence-corrected chi connectivity index (χ0v) is 19.3. The van der Waals surface area contributed by atoms with Crippen molar-refractivity contribution in [2.45, 2.75) is 40.0 Å². The summed E-state index contributed by atoms with van der Waals surface area (Å²) in [5, 5.41) is 5.20. The van der Waals surface area contributed by atoms with Gasteiger partial charge in [0.1, 0.15) is 5.82 Å². The molecule has 0 spiro atoms. The van der Waals surface area contributed by atoms with Gasteiger partial charge in [0.2, 0.25) is 0 Å². The molecule has 0 saturated heterocycles. The predicted molar refractivity (Wildman–Crippen MR) is 130 cm³/mol. The molecule has 160 valence electrons. The van der Waals surface area contributed by atoms with Gasteiger partial charge in [-0.25, -0.2) is 4.98 Å². The predicted octanol–water partition coefficient (Wildman–Crippen LogP) is 3.99. The van der Waals surface area contributed by atoms with Crippen LogP contribution in [0.3, 0.4) is 0 Å². The lowest BCUT2D eigenvalue weighted by Crippen LogP contribution is -2.29. The first kappa shape index (κ1) is 22.2. The van der Waals surface area contributed by atoms with E-state index in [-0.39, 0.29) is 5.24 Å². The second-order valence-corrected chi connectivity index (χ2v) is 8.48. The van der Waals surface area contributed by atoms with Crippen LogP contribution in [0.25, 0.3) is 12.2 Å². The number of rotatable bonds is 7. The fraction of sp³-hybridized carbons (Fsp3) is 0.417. The fourth-order valence-electron chi connectivity index (χ4n) is 3.70. The number of hydrogen-bond donors (Lipinski definition) is 1. The van der Waals surface area contributed by atoms with E-state index >= 15 is 0 Å². The Morgan fingerprint density at radius 1 is 1.27 bits per heavy atom. The Bertz CT molecular complexity index is 1030. The lowest BCUT2D eigenvalue weighted by molar-refractivity contribution is 0.269. The zero-order valence-electron chi connectivity index (χ0n) is 18.4. The molecule has 1 aliphatic rings. The van der Waals surface area contributed by atoms with Crippen molar-refractivity contribution in [2.75, 3.05) is 29.1 Å². The highest BCUT2D eigenvalue weighted by Gasteiger charge is 2.10. The number of allylic oxidation sites excluding steroid dienone is 2. The van der Waals surface area contributed by atoms with Gasteiger partial charge in [-0.2, -0.15) is 0 Å². The van der Waals surface area contributed by atoms with E-state index in [9.17, 15) is 4.79 Å². The highest BCUT2D eigenvalue weighted by atomic mass is 32.2. The normalized spacial score (nSPS) is 16.3. The number of carbonyl (C=O) groups excluding carboxylic acids is 1. The monoisotopic (exact) mass is 424 g/mol. The van der Waals surface area contributed by atoms with Gasteiger partial charge in [-0.3, -0.25) is 4.79 Å². The zero-order chi connectivity index (χ0) is 21.5. The largest absolute Gasteiger partial charge is 0.372 e. The molecule has 1 N–H and O–H groups in total. The van der Waals surface area contributed by atoms with Crippen LogP contribution in [0.4, 0.5) is 16.2 Å². The Morgan fingerprint density at radius 2 is 2.07 bits per heavy atom. The van der Waals surface area contributed by atoms with E-state index in [0.29, 0.717) is 5.75 Å². The lowest BCUT2D eigenvalue weighted by Gasteiger charge is -2.22. The summed E-state index contributed by atoms with van der Waals surface area (Å²) in [6, 6.07) is 6.21. The third kappa shape index (κ3) is 5.36. The molecule has 1 heterocycles. The number of hydrogen-bond acceptors (Lipinski definition) is 4. The third-order valence-corrected chi connectivity index (χ3v) is 6.23. The van der Waals surface area contributed by atoms with Crippen LogP contribution >= 0.6 is 11.8 Å². The van der Waals surface area contributed by atoms with Crippen LogP contribution in [0, 0.1) is 6.92 Å². The number of nitrogens with zero attached hydrogens (tertiary/aromatic N) is 3. The highest BCUT2D eigenvalue weighted by molar-refractivity contribution is 8.13. The van der Waals surface area contributed by atoms with Crippen LogP contribution in [-0.4, -0.2) is 33.6 Å². The minimum absolute atomic E-state index is 0.0256. The van der Waals surface area contributed by atoms with Crippen LogP contribution in [0.2, 0.25) is 0 Å². The summed E-state index contributed by atoms with van der Waals surface area (Å²) in [6.45, 7) is 8.29. The first-order chi connectivity index (χ1) is 14.5. The van der Waals surface area contributed by atoms with Gasteiger partial charge in [0.25, 0.3) is 5.24 Å². The van der Waals surface area contributed by atoms with Crippen molar-refractivity contribution in [3.8, 4) is 0 Å². The smallest absolute Gasteiger partial charge is 0.283 e. The van der Waals surface area contributed by atoms with Gasteiger partial charge >= 0.3 is 0 Å². The molecule has 0 unspecified atom stereocenters. The molecule has 2 aromatic rings. The molecule has 0 fully saturated rings. The summed E-state index contributed by atoms with van der Waals surface area (Å²) in [5.41, 5.74) is 3.15. The Labute approximate surface area is 183 Å². The molecule has 0 aliphatic heterocycles. The average molecular weight is 425 g/mol. The van der Waals surface area contributed by atoms with Gasteiger partial charge in [-0.1, -0.05) is 30.0 Å². The minimum atomic E-state index is -0.0256. The second kappa shape index (κ2) is 10.5. The maximum absolute atomic E-state index is 12.4. The number of fused-ring (bicyclic) bond motifs is 1. The molecule has 0 bridgehead atoms. The first-order valence-corrected chi connectivity index (χ1v) is 11.7. The number of carbonyl (C=O) groups is 1. The van der Waals surface area contributed by atoms with Gasteiger partial charge in [-0.05, 0) is 63.5 Å². The van der Waals surface area contributed by atoms with Gasteiger partial charge < -0.3 is 14.8 Å². The van der Waals surface area contributed by atoms with E-state index in [2.05, 4.69) is 72.1 Å². The molecule has 0 radical (unpaired) electrons. The van der Waals surface area contributed by atoms with Crippen molar-refractivity contribution in [3.63, 3.8) is 0 Å². The van der Waals surface area contributed by atoms with Crippen molar-refractivity contribution in [1.82, 2.24) is 9.55 Å². The van der Waals surface area contributed by atoms with Crippen molar-refractivity contribution in [1.29, 1.82) is 0 Å². The highest BCUT2D eigenvalue weighted by Crippen LogP contribution is 2.23.